The Labute approximate surface area is 151 Å². The largest absolute Gasteiger partial charge is 0.469 e. The van der Waals surface area contributed by atoms with E-state index in [4.69, 9.17) is 0 Å². The molecule has 1 aromatic rings. The number of carbonyl (C=O) groups excluding carboxylic acids is 4. The van der Waals surface area contributed by atoms with Crippen molar-refractivity contribution in [2.45, 2.75) is 25.7 Å². The van der Waals surface area contributed by atoms with Gasteiger partial charge in [-0.05, 0) is 22.3 Å². The third-order valence-electron chi connectivity index (χ3n) is 3.77. The highest BCUT2D eigenvalue weighted by Gasteiger charge is 2.19. The van der Waals surface area contributed by atoms with Crippen molar-refractivity contribution in [1.29, 1.82) is 0 Å². The van der Waals surface area contributed by atoms with Gasteiger partial charge in [0.2, 0.25) is 0 Å². The van der Waals surface area contributed by atoms with E-state index >= 15 is 0 Å². The smallest absolute Gasteiger partial charge is 0.309 e. The lowest BCUT2D eigenvalue weighted by atomic mass is 9.92. The Morgan fingerprint density at radius 2 is 0.731 bits per heavy atom. The molecule has 0 radical (unpaired) electrons. The van der Waals surface area contributed by atoms with Gasteiger partial charge >= 0.3 is 23.9 Å². The third-order valence-corrected chi connectivity index (χ3v) is 3.77. The number of benzene rings is 1. The minimum Gasteiger partial charge on any atom is -0.469 e. The molecule has 8 heteroatoms. The van der Waals surface area contributed by atoms with Crippen molar-refractivity contribution in [2.75, 3.05) is 28.4 Å². The van der Waals surface area contributed by atoms with E-state index in [0.717, 1.165) is 0 Å². The van der Waals surface area contributed by atoms with Crippen molar-refractivity contribution in [3.05, 3.63) is 34.4 Å². The zero-order valence-electron chi connectivity index (χ0n) is 15.2. The normalized spacial score (nSPS) is 10.0. The first-order valence-corrected chi connectivity index (χ1v) is 7.75. The topological polar surface area (TPSA) is 105 Å². The SMILES string of the molecule is COC(=O)Cc1cc(CC(=O)OC)c(CC(=O)OC)cc1CC(=O)OC. The highest BCUT2D eigenvalue weighted by molar-refractivity contribution is 5.79. The Bertz CT molecular complexity index is 578. The minimum atomic E-state index is -0.499. The van der Waals surface area contributed by atoms with Crippen LogP contribution < -0.4 is 0 Å². The Morgan fingerprint density at radius 3 is 0.885 bits per heavy atom. The van der Waals surface area contributed by atoms with E-state index in [1.807, 2.05) is 0 Å². The van der Waals surface area contributed by atoms with Crippen LogP contribution in [0, 0.1) is 0 Å². The van der Waals surface area contributed by atoms with E-state index in [1.54, 1.807) is 12.1 Å². The molecular weight excluding hydrogens is 344 g/mol. The molecule has 0 fully saturated rings. The second-order valence-corrected chi connectivity index (χ2v) is 5.40. The fourth-order valence-electron chi connectivity index (χ4n) is 2.36. The van der Waals surface area contributed by atoms with Crippen molar-refractivity contribution in [3.63, 3.8) is 0 Å². The minimum absolute atomic E-state index is 0.0878. The van der Waals surface area contributed by atoms with Crippen LogP contribution >= 0.6 is 0 Å². The molecule has 0 aromatic heterocycles. The van der Waals surface area contributed by atoms with Crippen molar-refractivity contribution in [3.8, 4) is 0 Å². The number of carbonyl (C=O) groups is 4. The average molecular weight is 366 g/mol. The fourth-order valence-corrected chi connectivity index (χ4v) is 2.36. The maximum absolute atomic E-state index is 11.7. The summed E-state index contributed by atoms with van der Waals surface area (Å²) in [6.45, 7) is 0. The summed E-state index contributed by atoms with van der Waals surface area (Å²) in [7, 11) is 5.01. The molecule has 8 nitrogen and oxygen atoms in total. The Balaban J connectivity index is 3.41. The van der Waals surface area contributed by atoms with Gasteiger partial charge in [0.1, 0.15) is 0 Å². The molecule has 26 heavy (non-hydrogen) atoms. The molecule has 0 aliphatic carbocycles. The number of hydrogen-bond acceptors (Lipinski definition) is 8. The second-order valence-electron chi connectivity index (χ2n) is 5.40. The second kappa shape index (κ2) is 10.2. The quantitative estimate of drug-likeness (QED) is 0.485. The predicted molar refractivity (Wildman–Crippen MR) is 89.3 cm³/mol. The molecule has 0 amide bonds. The highest BCUT2D eigenvalue weighted by atomic mass is 16.5. The zero-order chi connectivity index (χ0) is 19.7. The molecule has 1 aromatic carbocycles. The lowest BCUT2D eigenvalue weighted by Crippen LogP contribution is -2.16. The number of rotatable bonds is 8. The lowest BCUT2D eigenvalue weighted by molar-refractivity contribution is -0.141. The molecule has 0 N–H and O–H groups in total. The summed E-state index contributed by atoms with van der Waals surface area (Å²) < 4.78 is 18.7. The molecule has 0 unspecified atom stereocenters. The van der Waals surface area contributed by atoms with Gasteiger partial charge in [0.15, 0.2) is 0 Å². The van der Waals surface area contributed by atoms with E-state index in [2.05, 4.69) is 18.9 Å². The molecule has 1 rings (SSSR count). The van der Waals surface area contributed by atoms with Crippen LogP contribution in [0.2, 0.25) is 0 Å². The van der Waals surface area contributed by atoms with Crippen molar-refractivity contribution >= 4 is 23.9 Å². The van der Waals surface area contributed by atoms with Crippen LogP contribution in [0.5, 0.6) is 0 Å². The van der Waals surface area contributed by atoms with Crippen LogP contribution in [-0.4, -0.2) is 52.3 Å². The third kappa shape index (κ3) is 6.19. The molecule has 142 valence electrons. The van der Waals surface area contributed by atoms with Crippen LogP contribution in [0.15, 0.2) is 12.1 Å². The molecular formula is C18H22O8. The first-order valence-electron chi connectivity index (χ1n) is 7.75. The van der Waals surface area contributed by atoms with E-state index < -0.39 is 23.9 Å². The Kier molecular flexibility index (Phi) is 8.27. The van der Waals surface area contributed by atoms with Crippen LogP contribution in [0.4, 0.5) is 0 Å². The average Bonchev–Trinajstić information content (AvgIpc) is 2.63. The fraction of sp³-hybridized carbons (Fsp3) is 0.444. The molecule has 0 atom stereocenters. The number of ether oxygens (including phenoxy) is 4. The highest BCUT2D eigenvalue weighted by Crippen LogP contribution is 2.21. The van der Waals surface area contributed by atoms with E-state index in [0.29, 0.717) is 22.3 Å². The van der Waals surface area contributed by atoms with Crippen LogP contribution in [-0.2, 0) is 63.8 Å². The van der Waals surface area contributed by atoms with Gasteiger partial charge in [0.05, 0.1) is 54.1 Å². The van der Waals surface area contributed by atoms with Crippen molar-refractivity contribution < 1.29 is 38.1 Å². The van der Waals surface area contributed by atoms with Gasteiger partial charge in [0.25, 0.3) is 0 Å². The summed E-state index contributed by atoms with van der Waals surface area (Å²) in [6, 6.07) is 3.20. The maximum atomic E-state index is 11.7. The van der Waals surface area contributed by atoms with Gasteiger partial charge < -0.3 is 18.9 Å². The summed E-state index contributed by atoms with van der Waals surface area (Å²) in [5.41, 5.74) is 2.04. The van der Waals surface area contributed by atoms with Crippen molar-refractivity contribution in [1.82, 2.24) is 0 Å². The molecule has 0 bridgehead atoms. The molecule has 0 saturated heterocycles. The first-order chi connectivity index (χ1) is 12.3. The first kappa shape index (κ1) is 21.1. The van der Waals surface area contributed by atoms with E-state index in [-0.39, 0.29) is 25.7 Å². The standard InChI is InChI=1S/C18H22O8/c1-23-15(19)7-11-5-13(9-17(21)25-3)14(10-18(22)26-4)6-12(11)8-16(20)24-2/h5-6H,7-10H2,1-4H3. The lowest BCUT2D eigenvalue weighted by Gasteiger charge is -2.15. The number of methoxy groups -OCH3 is 4. The molecule has 0 saturated carbocycles. The molecule has 0 aliphatic heterocycles. The Morgan fingerprint density at radius 1 is 0.538 bits per heavy atom. The van der Waals surface area contributed by atoms with Gasteiger partial charge in [-0.2, -0.15) is 0 Å². The summed E-state index contributed by atoms with van der Waals surface area (Å²) in [5.74, 6) is -2.00. The van der Waals surface area contributed by atoms with E-state index in [9.17, 15) is 19.2 Å². The summed E-state index contributed by atoms with van der Waals surface area (Å²) in [4.78, 5) is 46.7. The zero-order valence-corrected chi connectivity index (χ0v) is 15.2. The van der Waals surface area contributed by atoms with Gasteiger partial charge in [-0.1, -0.05) is 12.1 Å². The molecule has 0 spiro atoms. The monoisotopic (exact) mass is 366 g/mol. The summed E-state index contributed by atoms with van der Waals surface area (Å²) in [5, 5.41) is 0. The summed E-state index contributed by atoms with van der Waals surface area (Å²) >= 11 is 0. The van der Waals surface area contributed by atoms with Gasteiger partial charge in [-0.15, -0.1) is 0 Å². The van der Waals surface area contributed by atoms with Gasteiger partial charge in [-0.3, -0.25) is 19.2 Å². The van der Waals surface area contributed by atoms with E-state index in [1.165, 1.54) is 28.4 Å². The van der Waals surface area contributed by atoms with Gasteiger partial charge in [0, 0.05) is 0 Å². The maximum Gasteiger partial charge on any atom is 0.309 e. The predicted octanol–water partition coefficient (Wildman–Crippen LogP) is 0.549. The van der Waals surface area contributed by atoms with Crippen LogP contribution in [0.25, 0.3) is 0 Å². The molecule has 0 heterocycles. The number of esters is 4. The Hall–Kier alpha value is -2.90. The van der Waals surface area contributed by atoms with Gasteiger partial charge in [-0.25, -0.2) is 0 Å². The van der Waals surface area contributed by atoms with Crippen LogP contribution in [0.3, 0.4) is 0 Å². The van der Waals surface area contributed by atoms with Crippen LogP contribution in [0.1, 0.15) is 22.3 Å². The van der Waals surface area contributed by atoms with Crippen molar-refractivity contribution in [2.24, 2.45) is 0 Å². The number of hydrogen-bond donors (Lipinski definition) is 0. The summed E-state index contributed by atoms with van der Waals surface area (Å²) in [6.07, 6.45) is -0.351. The molecule has 0 aliphatic rings.